The maximum atomic E-state index is 13.5. The van der Waals surface area contributed by atoms with E-state index in [1.165, 1.54) is 23.3 Å². The summed E-state index contributed by atoms with van der Waals surface area (Å²) in [5.41, 5.74) is 3.11. The van der Waals surface area contributed by atoms with Crippen molar-refractivity contribution in [3.05, 3.63) is 65.2 Å². The highest BCUT2D eigenvalue weighted by Crippen LogP contribution is 2.28. The summed E-state index contributed by atoms with van der Waals surface area (Å²) >= 11 is 0. The van der Waals surface area contributed by atoms with Gasteiger partial charge in [0, 0.05) is 23.4 Å². The van der Waals surface area contributed by atoms with E-state index in [9.17, 15) is 4.39 Å². The summed E-state index contributed by atoms with van der Waals surface area (Å²) in [6.07, 6.45) is 0. The van der Waals surface area contributed by atoms with Gasteiger partial charge in [-0.2, -0.15) is 0 Å². The van der Waals surface area contributed by atoms with E-state index in [4.69, 9.17) is 4.74 Å². The van der Waals surface area contributed by atoms with Gasteiger partial charge in [0.25, 0.3) is 0 Å². The average Bonchev–Trinajstić information content (AvgIpc) is 2.53. The largest absolute Gasteiger partial charge is 0.380 e. The number of ether oxygens (including phenoxy) is 1. The van der Waals surface area contributed by atoms with E-state index < -0.39 is 0 Å². The number of nitrogens with zero attached hydrogens (tertiary/aromatic N) is 2. The van der Waals surface area contributed by atoms with Crippen molar-refractivity contribution in [1.29, 1.82) is 0 Å². The van der Waals surface area contributed by atoms with Crippen LogP contribution in [0.1, 0.15) is 35.8 Å². The zero-order valence-corrected chi connectivity index (χ0v) is 14.3. The number of anilines is 1. The lowest BCUT2D eigenvalue weighted by molar-refractivity contribution is 0.00841. The van der Waals surface area contributed by atoms with Gasteiger partial charge >= 0.3 is 0 Å². The predicted octanol–water partition coefficient (Wildman–Crippen LogP) is 4.36. The molecule has 1 atom stereocenters. The lowest BCUT2D eigenvalue weighted by Crippen LogP contribution is -2.25. The number of hydrogen-bond acceptors (Lipinski definition) is 4. The van der Waals surface area contributed by atoms with Crippen molar-refractivity contribution < 1.29 is 9.13 Å². The number of nitrogens with one attached hydrogen (secondary N) is 1. The first-order chi connectivity index (χ1) is 12.1. The Morgan fingerprint density at radius 3 is 2.56 bits per heavy atom. The standard InChI is InChI=1S/C20H20FN3O/c1-12(14-3-5-15(6-4-14)16-10-25-11-16)22-20-18-8-7-17(21)9-19(18)23-13(2)24-20/h3-9,12,16H,10-11H2,1-2H3,(H,22,23,24)/t12-/m0/s1. The van der Waals surface area contributed by atoms with Gasteiger partial charge in [-0.25, -0.2) is 14.4 Å². The van der Waals surface area contributed by atoms with Crippen LogP contribution in [0.5, 0.6) is 0 Å². The third-order valence-corrected chi connectivity index (χ3v) is 4.67. The maximum Gasteiger partial charge on any atom is 0.138 e. The van der Waals surface area contributed by atoms with E-state index in [2.05, 4.69) is 46.5 Å². The van der Waals surface area contributed by atoms with E-state index in [1.54, 1.807) is 6.07 Å². The topological polar surface area (TPSA) is 47.0 Å². The van der Waals surface area contributed by atoms with Gasteiger partial charge in [-0.05, 0) is 37.1 Å². The molecule has 0 radical (unpaired) electrons. The Balaban J connectivity index is 1.59. The second-order valence-corrected chi connectivity index (χ2v) is 6.55. The smallest absolute Gasteiger partial charge is 0.138 e. The van der Waals surface area contributed by atoms with Crippen molar-refractivity contribution in [2.24, 2.45) is 0 Å². The molecule has 3 aromatic rings. The van der Waals surface area contributed by atoms with Crippen molar-refractivity contribution in [3.8, 4) is 0 Å². The molecule has 0 amide bonds. The van der Waals surface area contributed by atoms with Crippen molar-refractivity contribution in [2.45, 2.75) is 25.8 Å². The summed E-state index contributed by atoms with van der Waals surface area (Å²) in [5.74, 6) is 1.58. The third kappa shape index (κ3) is 3.20. The monoisotopic (exact) mass is 337 g/mol. The number of benzene rings is 2. The van der Waals surface area contributed by atoms with Crippen molar-refractivity contribution in [1.82, 2.24) is 9.97 Å². The minimum absolute atomic E-state index is 0.0780. The van der Waals surface area contributed by atoms with Gasteiger partial charge in [-0.3, -0.25) is 0 Å². The lowest BCUT2D eigenvalue weighted by Gasteiger charge is -2.26. The molecule has 0 aliphatic carbocycles. The Labute approximate surface area is 146 Å². The van der Waals surface area contributed by atoms with Crippen LogP contribution in [-0.4, -0.2) is 23.2 Å². The van der Waals surface area contributed by atoms with Gasteiger partial charge in [0.1, 0.15) is 17.5 Å². The van der Waals surface area contributed by atoms with Crippen LogP contribution in [0.25, 0.3) is 10.9 Å². The zero-order chi connectivity index (χ0) is 17.4. The fourth-order valence-corrected chi connectivity index (χ4v) is 3.10. The molecule has 1 aliphatic rings. The Bertz CT molecular complexity index is 901. The molecule has 4 nitrogen and oxygen atoms in total. The summed E-state index contributed by atoms with van der Waals surface area (Å²) in [4.78, 5) is 8.82. The Morgan fingerprint density at radius 1 is 1.12 bits per heavy atom. The van der Waals surface area contributed by atoms with Crippen LogP contribution in [0.15, 0.2) is 42.5 Å². The average molecular weight is 337 g/mol. The first kappa shape index (κ1) is 16.0. The van der Waals surface area contributed by atoms with E-state index in [1.807, 2.05) is 6.92 Å². The molecular formula is C20H20FN3O. The highest BCUT2D eigenvalue weighted by Gasteiger charge is 2.20. The molecule has 5 heteroatoms. The quantitative estimate of drug-likeness (QED) is 0.768. The van der Waals surface area contributed by atoms with Crippen LogP contribution >= 0.6 is 0 Å². The fraction of sp³-hybridized carbons (Fsp3) is 0.300. The summed E-state index contributed by atoms with van der Waals surface area (Å²) in [6.45, 7) is 5.54. The van der Waals surface area contributed by atoms with E-state index >= 15 is 0 Å². The second-order valence-electron chi connectivity index (χ2n) is 6.55. The SMILES string of the molecule is Cc1nc(N[C@@H](C)c2ccc(C3COC3)cc2)c2ccc(F)cc2n1. The highest BCUT2D eigenvalue weighted by molar-refractivity contribution is 5.89. The molecular weight excluding hydrogens is 317 g/mol. The number of halogens is 1. The summed E-state index contributed by atoms with van der Waals surface area (Å²) in [6, 6.07) is 13.3. The van der Waals surface area contributed by atoms with Gasteiger partial charge in [0.2, 0.25) is 0 Å². The fourth-order valence-electron chi connectivity index (χ4n) is 3.10. The normalized spacial score (nSPS) is 15.8. The molecule has 2 heterocycles. The molecule has 1 aliphatic heterocycles. The number of fused-ring (bicyclic) bond motifs is 1. The summed E-state index contributed by atoms with van der Waals surface area (Å²) in [5, 5.41) is 4.26. The Hall–Kier alpha value is -2.53. The van der Waals surface area contributed by atoms with Crippen molar-refractivity contribution in [2.75, 3.05) is 18.5 Å². The molecule has 1 aromatic heterocycles. The van der Waals surface area contributed by atoms with Crippen LogP contribution in [0.3, 0.4) is 0 Å². The van der Waals surface area contributed by atoms with Crippen molar-refractivity contribution in [3.63, 3.8) is 0 Å². The van der Waals surface area contributed by atoms with E-state index in [0.717, 1.165) is 24.4 Å². The predicted molar refractivity (Wildman–Crippen MR) is 96.3 cm³/mol. The Morgan fingerprint density at radius 2 is 1.88 bits per heavy atom. The lowest BCUT2D eigenvalue weighted by atomic mass is 9.95. The molecule has 1 N–H and O–H groups in total. The molecule has 0 unspecified atom stereocenters. The minimum atomic E-state index is -0.292. The molecule has 4 rings (SSSR count). The van der Waals surface area contributed by atoms with Crippen molar-refractivity contribution >= 4 is 16.7 Å². The van der Waals surface area contributed by atoms with Crippen LogP contribution in [-0.2, 0) is 4.74 Å². The first-order valence-electron chi connectivity index (χ1n) is 8.48. The molecule has 1 fully saturated rings. The summed E-state index contributed by atoms with van der Waals surface area (Å²) < 4.78 is 18.7. The van der Waals surface area contributed by atoms with Gasteiger partial charge < -0.3 is 10.1 Å². The van der Waals surface area contributed by atoms with Gasteiger partial charge in [0.15, 0.2) is 0 Å². The molecule has 0 bridgehead atoms. The highest BCUT2D eigenvalue weighted by atomic mass is 19.1. The zero-order valence-electron chi connectivity index (χ0n) is 14.3. The van der Waals surface area contributed by atoms with Crippen LogP contribution in [0.2, 0.25) is 0 Å². The van der Waals surface area contributed by atoms with Gasteiger partial charge in [0.05, 0.1) is 18.7 Å². The first-order valence-corrected chi connectivity index (χ1v) is 8.48. The number of rotatable bonds is 4. The van der Waals surface area contributed by atoms with Gasteiger partial charge in [-0.1, -0.05) is 24.3 Å². The molecule has 25 heavy (non-hydrogen) atoms. The number of aryl methyl sites for hydroxylation is 1. The van der Waals surface area contributed by atoms with Gasteiger partial charge in [-0.15, -0.1) is 0 Å². The minimum Gasteiger partial charge on any atom is -0.380 e. The number of aromatic nitrogens is 2. The molecule has 128 valence electrons. The second kappa shape index (κ2) is 6.41. The van der Waals surface area contributed by atoms with E-state index in [-0.39, 0.29) is 11.9 Å². The number of hydrogen-bond donors (Lipinski definition) is 1. The van der Waals surface area contributed by atoms with Crippen LogP contribution < -0.4 is 5.32 Å². The van der Waals surface area contributed by atoms with Crippen LogP contribution in [0, 0.1) is 12.7 Å². The summed E-state index contributed by atoms with van der Waals surface area (Å²) in [7, 11) is 0. The van der Waals surface area contributed by atoms with E-state index in [0.29, 0.717) is 17.3 Å². The van der Waals surface area contributed by atoms with Crippen LogP contribution in [0.4, 0.5) is 10.2 Å². The maximum absolute atomic E-state index is 13.5. The molecule has 0 spiro atoms. The molecule has 1 saturated heterocycles. The Kier molecular flexibility index (Phi) is 4.09. The third-order valence-electron chi connectivity index (χ3n) is 4.67. The molecule has 2 aromatic carbocycles. The molecule has 0 saturated carbocycles.